The van der Waals surface area contributed by atoms with E-state index in [4.69, 9.17) is 4.74 Å². The van der Waals surface area contributed by atoms with Gasteiger partial charge in [0.05, 0.1) is 13.2 Å². The summed E-state index contributed by atoms with van der Waals surface area (Å²) in [7, 11) is 1.79. The van der Waals surface area contributed by atoms with Gasteiger partial charge in [0.15, 0.2) is 0 Å². The number of rotatable bonds is 10. The van der Waals surface area contributed by atoms with Gasteiger partial charge >= 0.3 is 0 Å². The molecule has 0 bridgehead atoms. The van der Waals surface area contributed by atoms with Gasteiger partial charge in [-0.3, -0.25) is 4.79 Å². The highest BCUT2D eigenvalue weighted by molar-refractivity contribution is 8.12. The number of nitrogens with zero attached hydrogens (tertiary/aromatic N) is 1. The van der Waals surface area contributed by atoms with E-state index in [9.17, 15) is 4.79 Å². The van der Waals surface area contributed by atoms with Gasteiger partial charge in [-0.15, -0.1) is 0 Å². The Hall–Kier alpha value is -0.300. The number of amides is 1. The smallest absolute Gasteiger partial charge is 0.281 e. The zero-order chi connectivity index (χ0) is 13.8. The lowest BCUT2D eigenvalue weighted by atomic mass is 10.4. The van der Waals surface area contributed by atoms with E-state index in [1.54, 1.807) is 18.2 Å². The van der Waals surface area contributed by atoms with Crippen LogP contribution < -0.4 is 10.6 Å². The Morgan fingerprint density at radius 1 is 1.28 bits per heavy atom. The second-order valence-corrected chi connectivity index (χ2v) is 5.12. The largest absolute Gasteiger partial charge is 0.378 e. The molecule has 0 aromatic heterocycles. The number of hydrogen-bond acceptors (Lipinski definition) is 5. The summed E-state index contributed by atoms with van der Waals surface area (Å²) in [6.45, 7) is 8.96. The molecular weight excluding hydrogens is 250 g/mol. The number of likely N-dealkylation sites (N-methyl/N-ethyl adjacent to an activating group) is 1. The summed E-state index contributed by atoms with van der Waals surface area (Å²) >= 11 is 1.22. The quantitative estimate of drug-likeness (QED) is 0.584. The normalized spacial score (nSPS) is 10.9. The van der Waals surface area contributed by atoms with Crippen molar-refractivity contribution in [3.05, 3.63) is 0 Å². The van der Waals surface area contributed by atoms with Crippen LogP contribution in [0.3, 0.4) is 0 Å². The van der Waals surface area contributed by atoms with E-state index in [1.165, 1.54) is 11.8 Å². The molecule has 5 nitrogen and oxygen atoms in total. The maximum absolute atomic E-state index is 11.2. The van der Waals surface area contributed by atoms with Crippen LogP contribution in [-0.4, -0.2) is 68.9 Å². The number of ether oxygens (including phenoxy) is 1. The van der Waals surface area contributed by atoms with E-state index in [2.05, 4.69) is 24.5 Å². The Balaban J connectivity index is 3.19. The Morgan fingerprint density at radius 2 is 2.00 bits per heavy atom. The fourth-order valence-electron chi connectivity index (χ4n) is 1.27. The van der Waals surface area contributed by atoms with Gasteiger partial charge in [-0.25, -0.2) is 0 Å². The maximum atomic E-state index is 11.2. The van der Waals surface area contributed by atoms with Crippen LogP contribution in [-0.2, 0) is 4.74 Å². The minimum Gasteiger partial charge on any atom is -0.378 e. The van der Waals surface area contributed by atoms with Crippen molar-refractivity contribution in [2.75, 3.05) is 52.7 Å². The molecule has 0 saturated heterocycles. The lowest BCUT2D eigenvalue weighted by Gasteiger charge is -2.15. The molecule has 2 N–H and O–H groups in total. The molecular formula is C12H27N3O2S. The van der Waals surface area contributed by atoms with Gasteiger partial charge in [-0.1, -0.05) is 25.6 Å². The first-order chi connectivity index (χ1) is 8.57. The lowest BCUT2D eigenvalue weighted by molar-refractivity contribution is 0.121. The molecule has 0 radical (unpaired) electrons. The summed E-state index contributed by atoms with van der Waals surface area (Å²) in [5.41, 5.74) is 0. The Labute approximate surface area is 115 Å². The summed E-state index contributed by atoms with van der Waals surface area (Å²) < 4.78 is 5.44. The fraction of sp³-hybridized carbons (Fsp3) is 0.917. The first-order valence-corrected chi connectivity index (χ1v) is 7.61. The standard InChI is InChI=1S/C12H27N3O2S/c1-11(2)14-6-5-13-7-9-17-10-8-15(3)12(16)18-4/h11,13-14H,5-10H2,1-4H3. The zero-order valence-electron chi connectivity index (χ0n) is 12.0. The van der Waals surface area contributed by atoms with Gasteiger partial charge in [0.1, 0.15) is 0 Å². The van der Waals surface area contributed by atoms with Gasteiger partial charge in [0.2, 0.25) is 0 Å². The van der Waals surface area contributed by atoms with Crippen molar-refractivity contribution in [2.45, 2.75) is 19.9 Å². The van der Waals surface area contributed by atoms with Crippen LogP contribution in [0.2, 0.25) is 0 Å². The molecule has 0 spiro atoms. The number of carbonyl (C=O) groups excluding carboxylic acids is 1. The van der Waals surface area contributed by atoms with Crippen LogP contribution in [0.4, 0.5) is 4.79 Å². The third-order valence-electron chi connectivity index (χ3n) is 2.33. The van der Waals surface area contributed by atoms with Gasteiger partial charge < -0.3 is 20.3 Å². The van der Waals surface area contributed by atoms with Crippen LogP contribution in [0.15, 0.2) is 0 Å². The minimum atomic E-state index is 0.0801. The molecule has 0 fully saturated rings. The molecule has 0 heterocycles. The van der Waals surface area contributed by atoms with E-state index in [-0.39, 0.29) is 5.24 Å². The SMILES string of the molecule is CSC(=O)N(C)CCOCCNCCNC(C)C. The monoisotopic (exact) mass is 277 g/mol. The Bertz CT molecular complexity index is 215. The molecule has 0 saturated carbocycles. The van der Waals surface area contributed by atoms with Crippen molar-refractivity contribution in [1.29, 1.82) is 0 Å². The highest BCUT2D eigenvalue weighted by Crippen LogP contribution is 2.00. The molecule has 1 amide bonds. The molecule has 0 unspecified atom stereocenters. The second kappa shape index (κ2) is 11.8. The molecule has 0 aliphatic carbocycles. The molecule has 108 valence electrons. The Morgan fingerprint density at radius 3 is 2.61 bits per heavy atom. The summed E-state index contributed by atoms with van der Waals surface area (Å²) in [6, 6.07) is 0.535. The fourth-order valence-corrected chi connectivity index (χ4v) is 1.67. The summed E-state index contributed by atoms with van der Waals surface area (Å²) in [5.74, 6) is 0. The van der Waals surface area contributed by atoms with Crippen molar-refractivity contribution in [1.82, 2.24) is 15.5 Å². The van der Waals surface area contributed by atoms with Crippen LogP contribution in [0.1, 0.15) is 13.8 Å². The number of carbonyl (C=O) groups is 1. The highest BCUT2D eigenvalue weighted by atomic mass is 32.2. The predicted molar refractivity (Wildman–Crippen MR) is 78.4 cm³/mol. The van der Waals surface area contributed by atoms with E-state index >= 15 is 0 Å². The first kappa shape index (κ1) is 17.7. The van der Waals surface area contributed by atoms with Crippen molar-refractivity contribution in [2.24, 2.45) is 0 Å². The van der Waals surface area contributed by atoms with Crippen LogP contribution in [0, 0.1) is 0 Å². The average Bonchev–Trinajstić information content (AvgIpc) is 2.35. The van der Waals surface area contributed by atoms with Crippen molar-refractivity contribution < 1.29 is 9.53 Å². The van der Waals surface area contributed by atoms with E-state index < -0.39 is 0 Å². The molecule has 0 aliphatic rings. The number of nitrogens with one attached hydrogen (secondary N) is 2. The summed E-state index contributed by atoms with van der Waals surface area (Å²) in [6.07, 6.45) is 1.79. The molecule has 0 atom stereocenters. The number of thioether (sulfide) groups is 1. The molecule has 18 heavy (non-hydrogen) atoms. The third kappa shape index (κ3) is 10.8. The van der Waals surface area contributed by atoms with Crippen molar-refractivity contribution >= 4 is 17.0 Å². The maximum Gasteiger partial charge on any atom is 0.281 e. The van der Waals surface area contributed by atoms with Crippen LogP contribution in [0.5, 0.6) is 0 Å². The lowest BCUT2D eigenvalue weighted by Crippen LogP contribution is -2.33. The van der Waals surface area contributed by atoms with Crippen LogP contribution >= 0.6 is 11.8 Å². The first-order valence-electron chi connectivity index (χ1n) is 6.38. The van der Waals surface area contributed by atoms with Crippen LogP contribution in [0.25, 0.3) is 0 Å². The second-order valence-electron chi connectivity index (χ2n) is 4.36. The average molecular weight is 277 g/mol. The van der Waals surface area contributed by atoms with E-state index in [0.717, 1.165) is 19.6 Å². The van der Waals surface area contributed by atoms with Gasteiger partial charge in [0, 0.05) is 39.3 Å². The number of hydrogen-bond donors (Lipinski definition) is 2. The highest BCUT2D eigenvalue weighted by Gasteiger charge is 2.05. The topological polar surface area (TPSA) is 53.6 Å². The van der Waals surface area contributed by atoms with Crippen molar-refractivity contribution in [3.8, 4) is 0 Å². The molecule has 0 aliphatic heterocycles. The Kier molecular flexibility index (Phi) is 11.6. The summed E-state index contributed by atoms with van der Waals surface area (Å²) in [5, 5.41) is 6.70. The van der Waals surface area contributed by atoms with Gasteiger partial charge in [-0.2, -0.15) is 0 Å². The van der Waals surface area contributed by atoms with E-state index in [1.807, 2.05) is 0 Å². The summed E-state index contributed by atoms with van der Waals surface area (Å²) in [4.78, 5) is 12.9. The van der Waals surface area contributed by atoms with Crippen molar-refractivity contribution in [3.63, 3.8) is 0 Å². The van der Waals surface area contributed by atoms with Gasteiger partial charge in [-0.05, 0) is 6.26 Å². The minimum absolute atomic E-state index is 0.0801. The molecule has 0 aromatic rings. The van der Waals surface area contributed by atoms with E-state index in [0.29, 0.717) is 25.8 Å². The molecule has 0 rings (SSSR count). The third-order valence-corrected chi connectivity index (χ3v) is 3.00. The zero-order valence-corrected chi connectivity index (χ0v) is 12.8. The molecule has 6 heteroatoms. The predicted octanol–water partition coefficient (Wildman–Crippen LogP) is 1.01. The molecule has 0 aromatic carbocycles. The van der Waals surface area contributed by atoms with Gasteiger partial charge in [0.25, 0.3) is 5.24 Å².